The third-order valence-corrected chi connectivity index (χ3v) is 6.36. The number of hydrogen-bond acceptors (Lipinski definition) is 5. The molecule has 3 rings (SSSR count). The first-order chi connectivity index (χ1) is 12.0. The fourth-order valence-corrected chi connectivity index (χ4v) is 4.61. The minimum absolute atomic E-state index is 0.194. The second kappa shape index (κ2) is 7.27. The van der Waals surface area contributed by atoms with Gasteiger partial charge >= 0.3 is 16.1 Å². The predicted molar refractivity (Wildman–Crippen MR) is 93.9 cm³/mol. The van der Waals surface area contributed by atoms with Gasteiger partial charge in [0.2, 0.25) is 4.75 Å². The maximum absolute atomic E-state index is 13.0. The van der Waals surface area contributed by atoms with E-state index in [2.05, 4.69) is 0 Å². The summed E-state index contributed by atoms with van der Waals surface area (Å²) in [7, 11) is -4.19. The number of esters is 1. The van der Waals surface area contributed by atoms with E-state index in [-0.39, 0.29) is 18.6 Å². The zero-order chi connectivity index (χ0) is 17.8. The number of hydrogen-bond donors (Lipinski definition) is 0. The highest BCUT2D eigenvalue weighted by molar-refractivity contribution is 7.89. The summed E-state index contributed by atoms with van der Waals surface area (Å²) in [6, 6.07) is 16.7. The molecule has 0 N–H and O–H groups in total. The molecule has 0 amide bonds. The SMILES string of the molecule is O=C(Oc1ccccc1)C1(S(=O)(=O)Oc2ccccc2)CCCCC1. The van der Waals surface area contributed by atoms with Gasteiger partial charge in [-0.3, -0.25) is 0 Å². The van der Waals surface area contributed by atoms with Gasteiger partial charge in [0.25, 0.3) is 0 Å². The van der Waals surface area contributed by atoms with Crippen molar-refractivity contribution in [2.24, 2.45) is 0 Å². The van der Waals surface area contributed by atoms with Crippen molar-refractivity contribution in [1.29, 1.82) is 0 Å². The molecule has 0 bridgehead atoms. The topological polar surface area (TPSA) is 69.7 Å². The lowest BCUT2D eigenvalue weighted by Gasteiger charge is -2.33. The van der Waals surface area contributed by atoms with E-state index in [1.54, 1.807) is 60.7 Å². The average molecular weight is 360 g/mol. The second-order valence-corrected chi connectivity index (χ2v) is 7.96. The van der Waals surface area contributed by atoms with Crippen LogP contribution in [0.3, 0.4) is 0 Å². The largest absolute Gasteiger partial charge is 0.425 e. The van der Waals surface area contributed by atoms with E-state index in [1.807, 2.05) is 0 Å². The van der Waals surface area contributed by atoms with Crippen LogP contribution in [0, 0.1) is 0 Å². The lowest BCUT2D eigenvalue weighted by molar-refractivity contribution is -0.138. The number of ether oxygens (including phenoxy) is 1. The van der Waals surface area contributed by atoms with Crippen LogP contribution in [0.2, 0.25) is 0 Å². The van der Waals surface area contributed by atoms with Gasteiger partial charge < -0.3 is 8.92 Å². The molecule has 0 saturated heterocycles. The highest BCUT2D eigenvalue weighted by Gasteiger charge is 2.54. The van der Waals surface area contributed by atoms with Gasteiger partial charge in [-0.05, 0) is 37.1 Å². The van der Waals surface area contributed by atoms with Gasteiger partial charge in [0, 0.05) is 0 Å². The molecule has 132 valence electrons. The Balaban J connectivity index is 1.91. The molecule has 0 spiro atoms. The highest BCUT2D eigenvalue weighted by Crippen LogP contribution is 2.38. The molecule has 6 heteroatoms. The lowest BCUT2D eigenvalue weighted by Crippen LogP contribution is -2.52. The summed E-state index contributed by atoms with van der Waals surface area (Å²) in [6.45, 7) is 0. The number of carbonyl (C=O) groups is 1. The van der Waals surface area contributed by atoms with E-state index in [0.29, 0.717) is 18.6 Å². The van der Waals surface area contributed by atoms with E-state index in [1.165, 1.54) is 0 Å². The minimum Gasteiger partial charge on any atom is -0.425 e. The Morgan fingerprint density at radius 1 is 0.800 bits per heavy atom. The number of rotatable bonds is 5. The highest BCUT2D eigenvalue weighted by atomic mass is 32.2. The number of benzene rings is 2. The van der Waals surface area contributed by atoms with Crippen LogP contribution < -0.4 is 8.92 Å². The van der Waals surface area contributed by atoms with Crippen molar-refractivity contribution in [1.82, 2.24) is 0 Å². The fourth-order valence-electron chi connectivity index (χ4n) is 3.05. The smallest absolute Gasteiger partial charge is 0.336 e. The van der Waals surface area contributed by atoms with E-state index in [9.17, 15) is 13.2 Å². The van der Waals surface area contributed by atoms with Gasteiger partial charge in [-0.15, -0.1) is 0 Å². The Morgan fingerprint density at radius 3 is 1.88 bits per heavy atom. The molecule has 0 aromatic heterocycles. The number of para-hydroxylation sites is 2. The molecule has 0 aliphatic heterocycles. The van der Waals surface area contributed by atoms with Crippen molar-refractivity contribution in [3.63, 3.8) is 0 Å². The average Bonchev–Trinajstić information content (AvgIpc) is 2.63. The molecule has 25 heavy (non-hydrogen) atoms. The molecule has 2 aromatic rings. The van der Waals surface area contributed by atoms with Crippen molar-refractivity contribution < 1.29 is 22.1 Å². The monoisotopic (exact) mass is 360 g/mol. The normalized spacial score (nSPS) is 16.8. The molecule has 0 atom stereocenters. The molecular weight excluding hydrogens is 340 g/mol. The van der Waals surface area contributed by atoms with Gasteiger partial charge in [0.05, 0.1) is 0 Å². The Labute approximate surface area is 147 Å². The predicted octanol–water partition coefficient (Wildman–Crippen LogP) is 3.70. The third-order valence-electron chi connectivity index (χ3n) is 4.41. The van der Waals surface area contributed by atoms with Crippen LogP contribution >= 0.6 is 0 Å². The van der Waals surface area contributed by atoms with Crippen molar-refractivity contribution in [3.05, 3.63) is 60.7 Å². The van der Waals surface area contributed by atoms with Crippen LogP contribution in [0.15, 0.2) is 60.7 Å². The molecule has 2 aromatic carbocycles. The Kier molecular flexibility index (Phi) is 5.08. The summed E-state index contributed by atoms with van der Waals surface area (Å²) < 4.78 is 35.0. The first-order valence-corrected chi connectivity index (χ1v) is 9.71. The summed E-state index contributed by atoms with van der Waals surface area (Å²) in [5.41, 5.74) is 0. The third kappa shape index (κ3) is 3.69. The van der Waals surface area contributed by atoms with Gasteiger partial charge in [0.15, 0.2) is 0 Å². The van der Waals surface area contributed by atoms with Gasteiger partial charge in [-0.2, -0.15) is 8.42 Å². The molecule has 0 radical (unpaired) electrons. The summed E-state index contributed by atoms with van der Waals surface area (Å²) in [5, 5.41) is 0. The van der Waals surface area contributed by atoms with Crippen molar-refractivity contribution in [2.45, 2.75) is 36.9 Å². The van der Waals surface area contributed by atoms with E-state index in [0.717, 1.165) is 6.42 Å². The zero-order valence-corrected chi connectivity index (χ0v) is 14.6. The molecule has 1 aliphatic carbocycles. The van der Waals surface area contributed by atoms with Crippen LogP contribution in [0.4, 0.5) is 0 Å². The Bertz CT molecular complexity index is 809. The molecule has 1 saturated carbocycles. The van der Waals surface area contributed by atoms with Crippen LogP contribution in [0.25, 0.3) is 0 Å². The van der Waals surface area contributed by atoms with E-state index >= 15 is 0 Å². The van der Waals surface area contributed by atoms with Gasteiger partial charge in [0.1, 0.15) is 11.5 Å². The van der Waals surface area contributed by atoms with Crippen LogP contribution in [-0.4, -0.2) is 19.1 Å². The van der Waals surface area contributed by atoms with Crippen molar-refractivity contribution in [2.75, 3.05) is 0 Å². The Hall–Kier alpha value is -2.34. The lowest BCUT2D eigenvalue weighted by atomic mass is 9.88. The molecular formula is C19H20O5S. The van der Waals surface area contributed by atoms with Crippen LogP contribution in [0.5, 0.6) is 11.5 Å². The molecule has 1 fully saturated rings. The fraction of sp³-hybridized carbons (Fsp3) is 0.316. The molecule has 0 heterocycles. The van der Waals surface area contributed by atoms with Gasteiger partial charge in [-0.25, -0.2) is 4.79 Å². The maximum Gasteiger partial charge on any atom is 0.336 e. The van der Waals surface area contributed by atoms with Gasteiger partial charge in [-0.1, -0.05) is 55.7 Å². The quantitative estimate of drug-likeness (QED) is 0.462. The summed E-state index contributed by atoms with van der Waals surface area (Å²) in [4.78, 5) is 12.8. The maximum atomic E-state index is 13.0. The summed E-state index contributed by atoms with van der Waals surface area (Å²) in [6.07, 6.45) is 2.57. The van der Waals surface area contributed by atoms with E-state index < -0.39 is 20.8 Å². The molecule has 5 nitrogen and oxygen atoms in total. The number of carbonyl (C=O) groups excluding carboxylic acids is 1. The molecule has 0 unspecified atom stereocenters. The zero-order valence-electron chi connectivity index (χ0n) is 13.8. The minimum atomic E-state index is -4.19. The second-order valence-electron chi connectivity index (χ2n) is 6.11. The summed E-state index contributed by atoms with van der Waals surface area (Å²) in [5.74, 6) is -0.248. The Morgan fingerprint density at radius 2 is 1.32 bits per heavy atom. The summed E-state index contributed by atoms with van der Waals surface area (Å²) >= 11 is 0. The van der Waals surface area contributed by atoms with Crippen LogP contribution in [0.1, 0.15) is 32.1 Å². The van der Waals surface area contributed by atoms with E-state index in [4.69, 9.17) is 8.92 Å². The first-order valence-electron chi connectivity index (χ1n) is 8.30. The van der Waals surface area contributed by atoms with Crippen LogP contribution in [-0.2, 0) is 14.9 Å². The first kappa shape index (κ1) is 17.5. The standard InChI is InChI=1S/C19H20O5S/c20-18(23-16-10-4-1-5-11-16)19(14-8-3-9-15-19)25(21,22)24-17-12-6-2-7-13-17/h1-2,4-7,10-13H,3,8-9,14-15H2. The van der Waals surface area contributed by atoms with Crippen molar-refractivity contribution >= 4 is 16.1 Å². The molecule has 1 aliphatic rings. The van der Waals surface area contributed by atoms with Crippen molar-refractivity contribution in [3.8, 4) is 11.5 Å².